The number of hydrogen-bond donors (Lipinski definition) is 2. The Balaban J connectivity index is 0.00000196. The molecule has 0 bridgehead atoms. The van der Waals surface area contributed by atoms with Crippen molar-refractivity contribution in [1.82, 2.24) is 15.6 Å². The zero-order valence-corrected chi connectivity index (χ0v) is 18.0. The first-order chi connectivity index (χ1) is 12.8. The number of likely N-dealkylation sites (N-methyl/N-ethyl adjacent to an activating group) is 2. The third-order valence-corrected chi connectivity index (χ3v) is 4.15. The van der Waals surface area contributed by atoms with E-state index in [4.69, 9.17) is 14.5 Å². The summed E-state index contributed by atoms with van der Waals surface area (Å²) in [5, 5.41) is 8.72. The van der Waals surface area contributed by atoms with Crippen molar-refractivity contribution in [2.45, 2.75) is 13.8 Å². The van der Waals surface area contributed by atoms with Gasteiger partial charge in [-0.15, -0.1) is 24.8 Å². The number of pyridine rings is 1. The molecule has 2 aromatic carbocycles. The van der Waals surface area contributed by atoms with Crippen LogP contribution in [0.15, 0.2) is 42.5 Å². The van der Waals surface area contributed by atoms with E-state index in [-0.39, 0.29) is 24.8 Å². The van der Waals surface area contributed by atoms with Crippen molar-refractivity contribution in [1.29, 1.82) is 0 Å². The van der Waals surface area contributed by atoms with E-state index in [1.54, 1.807) is 0 Å². The van der Waals surface area contributed by atoms with Crippen LogP contribution in [-0.4, -0.2) is 44.4 Å². The van der Waals surface area contributed by atoms with Crippen LogP contribution in [-0.2, 0) is 0 Å². The number of rotatable bonds is 10. The molecule has 0 radical (unpaired) electrons. The van der Waals surface area contributed by atoms with Gasteiger partial charge < -0.3 is 20.1 Å². The predicted molar refractivity (Wildman–Crippen MR) is 122 cm³/mol. The highest BCUT2D eigenvalue weighted by Crippen LogP contribution is 2.26. The van der Waals surface area contributed by atoms with E-state index in [1.807, 2.05) is 24.3 Å². The van der Waals surface area contributed by atoms with Crippen LogP contribution in [0.3, 0.4) is 0 Å². The van der Waals surface area contributed by atoms with E-state index in [1.165, 1.54) is 0 Å². The smallest absolute Gasteiger partial charge is 0.121 e. The number of halogens is 2. The van der Waals surface area contributed by atoms with Gasteiger partial charge >= 0.3 is 0 Å². The molecule has 3 aromatic rings. The molecule has 3 rings (SSSR count). The Morgan fingerprint density at radius 2 is 1.18 bits per heavy atom. The summed E-state index contributed by atoms with van der Waals surface area (Å²) in [4.78, 5) is 4.80. The van der Waals surface area contributed by atoms with E-state index < -0.39 is 0 Å². The first-order valence-electron chi connectivity index (χ1n) is 9.31. The molecule has 154 valence electrons. The largest absolute Gasteiger partial charge is 0.492 e. The lowest BCUT2D eigenvalue weighted by atomic mass is 10.1. The van der Waals surface area contributed by atoms with Crippen LogP contribution in [0.25, 0.3) is 21.8 Å². The Kier molecular flexibility index (Phi) is 10.9. The molecule has 0 atom stereocenters. The zero-order chi connectivity index (χ0) is 18.2. The fraction of sp³-hybridized carbons (Fsp3) is 0.381. The minimum absolute atomic E-state index is 0. The minimum Gasteiger partial charge on any atom is -0.492 e. The van der Waals surface area contributed by atoms with Crippen molar-refractivity contribution in [3.05, 3.63) is 42.5 Å². The van der Waals surface area contributed by atoms with Crippen LogP contribution in [0.5, 0.6) is 11.5 Å². The number of ether oxygens (including phenoxy) is 2. The molecule has 2 N–H and O–H groups in total. The van der Waals surface area contributed by atoms with E-state index in [0.29, 0.717) is 13.2 Å². The van der Waals surface area contributed by atoms with Crippen molar-refractivity contribution < 1.29 is 9.47 Å². The van der Waals surface area contributed by atoms with E-state index >= 15 is 0 Å². The Labute approximate surface area is 179 Å². The first-order valence-corrected chi connectivity index (χ1v) is 9.31. The summed E-state index contributed by atoms with van der Waals surface area (Å²) in [5.74, 6) is 1.69. The number of benzene rings is 2. The average molecular weight is 426 g/mol. The van der Waals surface area contributed by atoms with Crippen LogP contribution in [0.1, 0.15) is 13.8 Å². The van der Waals surface area contributed by atoms with Crippen molar-refractivity contribution in [3.63, 3.8) is 0 Å². The van der Waals surface area contributed by atoms with E-state index in [9.17, 15) is 0 Å². The zero-order valence-electron chi connectivity index (χ0n) is 16.4. The average Bonchev–Trinajstić information content (AvgIpc) is 2.67. The molecule has 1 aromatic heterocycles. The molecule has 0 saturated heterocycles. The van der Waals surface area contributed by atoms with Gasteiger partial charge in [-0.1, -0.05) is 13.8 Å². The van der Waals surface area contributed by atoms with Gasteiger partial charge in [0.25, 0.3) is 0 Å². The van der Waals surface area contributed by atoms with Crippen molar-refractivity contribution >= 4 is 46.6 Å². The van der Waals surface area contributed by atoms with Crippen LogP contribution >= 0.6 is 24.8 Å². The lowest BCUT2D eigenvalue weighted by Crippen LogP contribution is -2.20. The molecule has 0 aliphatic heterocycles. The van der Waals surface area contributed by atoms with Gasteiger partial charge in [0.2, 0.25) is 0 Å². The summed E-state index contributed by atoms with van der Waals surface area (Å²) in [6.07, 6.45) is 0. The van der Waals surface area contributed by atoms with E-state index in [2.05, 4.69) is 42.7 Å². The van der Waals surface area contributed by atoms with Gasteiger partial charge in [-0.05, 0) is 43.4 Å². The Bertz CT molecular complexity index is 795. The van der Waals surface area contributed by atoms with Gasteiger partial charge in [0.15, 0.2) is 0 Å². The lowest BCUT2D eigenvalue weighted by Gasteiger charge is -2.09. The summed E-state index contributed by atoms with van der Waals surface area (Å²) < 4.78 is 11.6. The monoisotopic (exact) mass is 425 g/mol. The normalized spacial score (nSPS) is 10.4. The summed E-state index contributed by atoms with van der Waals surface area (Å²) in [7, 11) is 0. The van der Waals surface area contributed by atoms with E-state index in [0.717, 1.165) is 59.5 Å². The SMILES string of the molecule is CCNCCOc1ccc2cc3ccc(OCCNCC)cc3nc2c1.Cl.Cl. The Morgan fingerprint density at radius 1 is 0.714 bits per heavy atom. The molecule has 0 aliphatic carbocycles. The Morgan fingerprint density at radius 3 is 1.61 bits per heavy atom. The number of aromatic nitrogens is 1. The number of fused-ring (bicyclic) bond motifs is 2. The molecular weight excluding hydrogens is 397 g/mol. The third-order valence-electron chi connectivity index (χ3n) is 4.15. The van der Waals surface area contributed by atoms with Crippen LogP contribution in [0.2, 0.25) is 0 Å². The maximum Gasteiger partial charge on any atom is 0.121 e. The molecule has 28 heavy (non-hydrogen) atoms. The highest BCUT2D eigenvalue weighted by molar-refractivity contribution is 5.93. The molecule has 0 fully saturated rings. The van der Waals surface area contributed by atoms with Gasteiger partial charge in [0.05, 0.1) is 11.0 Å². The van der Waals surface area contributed by atoms with Crippen molar-refractivity contribution in [3.8, 4) is 11.5 Å². The fourth-order valence-corrected chi connectivity index (χ4v) is 2.80. The summed E-state index contributed by atoms with van der Waals surface area (Å²) in [6.45, 7) is 9.06. The molecule has 7 heteroatoms. The second-order valence-electron chi connectivity index (χ2n) is 6.10. The van der Waals surface area contributed by atoms with Gasteiger partial charge in [0.1, 0.15) is 24.7 Å². The number of nitrogens with one attached hydrogen (secondary N) is 2. The topological polar surface area (TPSA) is 55.4 Å². The van der Waals surface area contributed by atoms with Crippen LogP contribution in [0.4, 0.5) is 0 Å². The highest BCUT2D eigenvalue weighted by atomic mass is 35.5. The molecule has 0 unspecified atom stereocenters. The molecule has 0 saturated carbocycles. The second-order valence-corrected chi connectivity index (χ2v) is 6.10. The highest BCUT2D eigenvalue weighted by Gasteiger charge is 2.04. The lowest BCUT2D eigenvalue weighted by molar-refractivity contribution is 0.316. The summed E-state index contributed by atoms with van der Waals surface area (Å²) in [5.41, 5.74) is 1.87. The standard InChI is InChI=1S/C21H27N3O2.2ClH/c1-3-22-9-11-25-18-7-5-16-13-17-6-8-19(26-12-10-23-4-2)15-21(17)24-20(16)14-18;;/h5-8,13-15,22-23H,3-4,9-12H2,1-2H3;2*1H. The minimum atomic E-state index is 0. The predicted octanol–water partition coefficient (Wildman–Crippen LogP) is 4.21. The second kappa shape index (κ2) is 12.6. The third kappa shape index (κ3) is 6.67. The number of nitrogens with zero attached hydrogens (tertiary/aromatic N) is 1. The maximum atomic E-state index is 5.79. The summed E-state index contributed by atoms with van der Waals surface area (Å²) in [6, 6.07) is 14.3. The van der Waals surface area contributed by atoms with Crippen LogP contribution in [0, 0.1) is 0 Å². The number of hydrogen-bond acceptors (Lipinski definition) is 5. The molecular formula is C21H29Cl2N3O2. The van der Waals surface area contributed by atoms with Gasteiger partial charge in [-0.25, -0.2) is 4.98 Å². The molecule has 0 spiro atoms. The maximum absolute atomic E-state index is 5.79. The first kappa shape index (κ1) is 24.2. The summed E-state index contributed by atoms with van der Waals surface area (Å²) >= 11 is 0. The Hall–Kier alpha value is -1.79. The molecule has 1 heterocycles. The quantitative estimate of drug-likeness (QED) is 0.376. The van der Waals surface area contributed by atoms with Gasteiger partial charge in [0, 0.05) is 36.0 Å². The van der Waals surface area contributed by atoms with Gasteiger partial charge in [-0.2, -0.15) is 0 Å². The van der Waals surface area contributed by atoms with Gasteiger partial charge in [-0.3, -0.25) is 0 Å². The molecule has 0 aliphatic rings. The van der Waals surface area contributed by atoms with Crippen LogP contribution < -0.4 is 20.1 Å². The fourth-order valence-electron chi connectivity index (χ4n) is 2.80. The van der Waals surface area contributed by atoms with Crippen molar-refractivity contribution in [2.24, 2.45) is 0 Å². The van der Waals surface area contributed by atoms with Crippen molar-refractivity contribution in [2.75, 3.05) is 39.4 Å². The molecule has 5 nitrogen and oxygen atoms in total. The molecule has 0 amide bonds.